The zero-order valence-corrected chi connectivity index (χ0v) is 17.5. The molecule has 0 bridgehead atoms. The van der Waals surface area contributed by atoms with Gasteiger partial charge in [0.15, 0.2) is 0 Å². The Labute approximate surface area is 138 Å². The van der Waals surface area contributed by atoms with E-state index in [0.717, 1.165) is 0 Å². The quantitative estimate of drug-likeness (QED) is 0.470. The van der Waals surface area contributed by atoms with Gasteiger partial charge in [-0.1, -0.05) is 26.2 Å². The van der Waals surface area contributed by atoms with Gasteiger partial charge in [-0.3, -0.25) is 0 Å². The Bertz CT molecular complexity index is 134. The topological polar surface area (TPSA) is 33.2 Å². The summed E-state index contributed by atoms with van der Waals surface area (Å²) in [6.07, 6.45) is 2.90. The predicted molar refractivity (Wildman–Crippen MR) is 80.6 cm³/mol. The summed E-state index contributed by atoms with van der Waals surface area (Å²) < 4.78 is 0. The molecule has 0 fully saturated rings. The van der Waals surface area contributed by atoms with Crippen molar-refractivity contribution in [1.29, 1.82) is 0 Å². The van der Waals surface area contributed by atoms with E-state index in [4.69, 9.17) is 0 Å². The molecule has 0 atom stereocenters. The Balaban J connectivity index is -0.0000000945. The van der Waals surface area contributed by atoms with Gasteiger partial charge in [-0.15, -0.1) is 0 Å². The maximum atomic E-state index is 2.52. The van der Waals surface area contributed by atoms with E-state index < -0.39 is 8.24 Å². The van der Waals surface area contributed by atoms with Crippen LogP contribution in [0.1, 0.15) is 0 Å². The van der Waals surface area contributed by atoms with Gasteiger partial charge in [-0.05, 0) is 19.6 Å². The number of quaternary nitrogens is 2. The summed E-state index contributed by atoms with van der Waals surface area (Å²) >= 11 is 0. The van der Waals surface area contributed by atoms with Crippen LogP contribution in [0.15, 0.2) is 0 Å². The Morgan fingerprint density at radius 2 is 1.06 bits per heavy atom. The zero-order valence-electron chi connectivity index (χ0n) is 14.2. The molecule has 0 amide bonds. The molecular formula is C10H34Li2N2Si3+4. The Morgan fingerprint density at radius 1 is 0.824 bits per heavy atom. The minimum Gasteiger partial charge on any atom is -0.408 e. The molecule has 17 heavy (non-hydrogen) atoms. The van der Waals surface area contributed by atoms with Crippen LogP contribution in [-0.4, -0.2) is 45.2 Å². The molecule has 0 saturated heterocycles. The molecule has 0 aromatic heterocycles. The third-order valence-electron chi connectivity index (χ3n) is 2.14. The summed E-state index contributed by atoms with van der Waals surface area (Å²) in [5.41, 5.74) is 0. The van der Waals surface area contributed by atoms with E-state index in [1.54, 1.807) is 0 Å². The van der Waals surface area contributed by atoms with Crippen molar-refractivity contribution in [1.82, 2.24) is 0 Å². The number of rotatable bonds is 5. The molecule has 0 aromatic rings. The molecule has 0 rings (SSSR count). The summed E-state index contributed by atoms with van der Waals surface area (Å²) in [5, 5.41) is 2.52. The van der Waals surface area contributed by atoms with Gasteiger partial charge in [0.2, 0.25) is 0 Å². The summed E-state index contributed by atoms with van der Waals surface area (Å²) in [6.45, 7) is 16.6. The third kappa shape index (κ3) is 38.1. The van der Waals surface area contributed by atoms with Gasteiger partial charge in [0.1, 0.15) is 0 Å². The largest absolute Gasteiger partial charge is 1.00 e. The molecule has 0 heterocycles. The fourth-order valence-electron chi connectivity index (χ4n) is 0.763. The second-order valence-corrected chi connectivity index (χ2v) is 18.0. The van der Waals surface area contributed by atoms with Crippen LogP contribution in [0.2, 0.25) is 45.8 Å². The van der Waals surface area contributed by atoms with E-state index in [2.05, 4.69) is 63.2 Å². The fraction of sp³-hybridized carbons (Fsp3) is 1.00. The van der Waals surface area contributed by atoms with Crippen LogP contribution in [0.25, 0.3) is 0 Å². The Morgan fingerprint density at radius 3 is 1.18 bits per heavy atom. The van der Waals surface area contributed by atoms with Crippen molar-refractivity contribution in [2.45, 2.75) is 45.8 Å². The third-order valence-corrected chi connectivity index (χ3v) is 6.43. The molecule has 0 aliphatic carbocycles. The molecule has 4 N–H and O–H groups in total. The molecule has 94 valence electrons. The first-order valence-electron chi connectivity index (χ1n) is 6.31. The first kappa shape index (κ1) is 27.2. The standard InChI is InChI=1S/C6H19NSi2.C4H13NSi.2Li/c1-8(2)5-7-6-9(3)4;1-5-6(2,3)4;;/h7-9H,5-6H2,1-4H3;5H,1-4H3;;/q;;2*+1/p+2. The molecule has 0 radical (unpaired) electrons. The van der Waals surface area contributed by atoms with Gasteiger partial charge in [0.05, 0.1) is 29.9 Å². The van der Waals surface area contributed by atoms with E-state index in [1.165, 1.54) is 12.3 Å². The van der Waals surface area contributed by atoms with Crippen LogP contribution in [0.5, 0.6) is 0 Å². The van der Waals surface area contributed by atoms with Crippen molar-refractivity contribution in [3.05, 3.63) is 0 Å². The van der Waals surface area contributed by atoms with Crippen molar-refractivity contribution < 1.29 is 48.0 Å². The monoisotopic (exact) mass is 280 g/mol. The number of hydrogen-bond acceptors (Lipinski definition) is 0. The van der Waals surface area contributed by atoms with Gasteiger partial charge >= 0.3 is 37.7 Å². The summed E-state index contributed by atoms with van der Waals surface area (Å²) in [6, 6.07) is 0. The number of hydrogen-bond donors (Lipinski definition) is 2. The van der Waals surface area contributed by atoms with E-state index in [-0.39, 0.29) is 55.3 Å². The minimum absolute atomic E-state index is 0. The SMILES string of the molecule is C[NH2+][Si](C)(C)C.C[SiH](C)C[NH2+]C[SiH](C)C.[Li+].[Li+]. The van der Waals surface area contributed by atoms with Crippen molar-refractivity contribution in [2.75, 3.05) is 19.4 Å². The maximum Gasteiger partial charge on any atom is 1.00 e. The van der Waals surface area contributed by atoms with Crippen LogP contribution < -0.4 is 48.0 Å². The zero-order chi connectivity index (χ0) is 12.5. The van der Waals surface area contributed by atoms with Crippen LogP contribution in [0.3, 0.4) is 0 Å². The Hall–Kier alpha value is 1.77. The first-order chi connectivity index (χ1) is 6.69. The molecule has 0 aliphatic rings. The molecular weight excluding hydrogens is 246 g/mol. The van der Waals surface area contributed by atoms with Gasteiger partial charge in [0.25, 0.3) is 8.24 Å². The molecule has 2 nitrogen and oxygen atoms in total. The fourth-order valence-corrected chi connectivity index (χ4v) is 2.87. The molecule has 0 aliphatic heterocycles. The summed E-state index contributed by atoms with van der Waals surface area (Å²) in [5.74, 6) is 0. The minimum atomic E-state index is -0.756. The second kappa shape index (κ2) is 15.8. The second-order valence-electron chi connectivity index (χ2n) is 6.20. The predicted octanol–water partition coefficient (Wildman–Crippen LogP) is -6.38. The molecule has 7 heteroatoms. The van der Waals surface area contributed by atoms with Gasteiger partial charge in [0, 0.05) is 7.05 Å². The van der Waals surface area contributed by atoms with Gasteiger partial charge in [-0.2, -0.15) is 0 Å². The van der Waals surface area contributed by atoms with Crippen LogP contribution in [0, 0.1) is 0 Å². The van der Waals surface area contributed by atoms with Crippen LogP contribution in [0.4, 0.5) is 0 Å². The van der Waals surface area contributed by atoms with Crippen LogP contribution >= 0.6 is 0 Å². The first-order valence-corrected chi connectivity index (χ1v) is 16.1. The Kier molecular flexibility index (Phi) is 25.3. The molecule has 0 spiro atoms. The van der Waals surface area contributed by atoms with Crippen molar-refractivity contribution in [3.63, 3.8) is 0 Å². The summed E-state index contributed by atoms with van der Waals surface area (Å²) in [4.78, 5) is 2.33. The van der Waals surface area contributed by atoms with E-state index in [0.29, 0.717) is 0 Å². The van der Waals surface area contributed by atoms with E-state index >= 15 is 0 Å². The van der Waals surface area contributed by atoms with Crippen molar-refractivity contribution >= 4 is 25.8 Å². The molecule has 0 unspecified atom stereocenters. The smallest absolute Gasteiger partial charge is 0.408 e. The van der Waals surface area contributed by atoms with Crippen molar-refractivity contribution in [2.24, 2.45) is 0 Å². The normalized spacial score (nSPS) is 10.2. The van der Waals surface area contributed by atoms with E-state index in [9.17, 15) is 0 Å². The van der Waals surface area contributed by atoms with E-state index in [1.807, 2.05) is 0 Å². The van der Waals surface area contributed by atoms with Crippen molar-refractivity contribution in [3.8, 4) is 0 Å². The summed E-state index contributed by atoms with van der Waals surface area (Å²) in [7, 11) is 0.863. The number of nitrogens with two attached hydrogens (primary N) is 2. The maximum absolute atomic E-state index is 2.52. The van der Waals surface area contributed by atoms with Gasteiger partial charge < -0.3 is 10.3 Å². The molecule has 0 saturated carbocycles. The average molecular weight is 281 g/mol. The van der Waals surface area contributed by atoms with Crippen LogP contribution in [-0.2, 0) is 0 Å². The van der Waals surface area contributed by atoms with Gasteiger partial charge in [-0.25, -0.2) is 0 Å². The average Bonchev–Trinajstić information content (AvgIpc) is 2.02. The molecule has 0 aromatic carbocycles.